The maximum absolute atomic E-state index is 12.5. The van der Waals surface area contributed by atoms with Crippen molar-refractivity contribution < 1.29 is 20.1 Å². The van der Waals surface area contributed by atoms with Gasteiger partial charge in [0.05, 0.1) is 18.8 Å². The third kappa shape index (κ3) is 45.1. The molecule has 0 bridgehead atoms. The molecule has 3 atom stereocenters. The van der Waals surface area contributed by atoms with Crippen molar-refractivity contribution in [2.24, 2.45) is 0 Å². The van der Waals surface area contributed by atoms with Crippen molar-refractivity contribution in [3.63, 3.8) is 0 Å². The van der Waals surface area contributed by atoms with Crippen LogP contribution in [0.5, 0.6) is 0 Å². The lowest BCUT2D eigenvalue weighted by Gasteiger charge is -2.26. The minimum atomic E-state index is -1.15. The Morgan fingerprint density at radius 2 is 0.667 bits per heavy atom. The minimum absolute atomic E-state index is 0.148. The van der Waals surface area contributed by atoms with Crippen molar-refractivity contribution in [1.29, 1.82) is 0 Å². The quantitative estimate of drug-likeness (QED) is 0.0363. The molecular weight excluding hydrogens is 739 g/mol. The summed E-state index contributed by atoms with van der Waals surface area (Å²) in [6.07, 6.45) is 62.4. The van der Waals surface area contributed by atoms with E-state index < -0.39 is 18.2 Å². The molecule has 4 N–H and O–H groups in total. The van der Waals surface area contributed by atoms with Crippen molar-refractivity contribution in [1.82, 2.24) is 5.32 Å². The van der Waals surface area contributed by atoms with E-state index in [0.717, 1.165) is 38.5 Å². The van der Waals surface area contributed by atoms with E-state index in [1.165, 1.54) is 244 Å². The van der Waals surface area contributed by atoms with Crippen LogP contribution in [0, 0.1) is 0 Å². The van der Waals surface area contributed by atoms with Crippen molar-refractivity contribution in [3.8, 4) is 0 Å². The van der Waals surface area contributed by atoms with Crippen LogP contribution in [0.2, 0.25) is 0 Å². The van der Waals surface area contributed by atoms with Crippen LogP contribution in [0.25, 0.3) is 0 Å². The van der Waals surface area contributed by atoms with Gasteiger partial charge in [-0.25, -0.2) is 0 Å². The fourth-order valence-electron chi connectivity index (χ4n) is 8.87. The normalized spacial score (nSPS) is 13.3. The molecule has 3 unspecified atom stereocenters. The number of carbonyl (C=O) groups excluding carboxylic acids is 1. The van der Waals surface area contributed by atoms with Gasteiger partial charge in [-0.3, -0.25) is 4.79 Å². The molecule has 0 aliphatic rings. The summed E-state index contributed by atoms with van der Waals surface area (Å²) in [4.78, 5) is 12.5. The molecule has 0 fully saturated rings. The Hall–Kier alpha value is -0.910. The van der Waals surface area contributed by atoms with E-state index >= 15 is 0 Å². The number of carbonyl (C=O) groups is 1. The van der Waals surface area contributed by atoms with Crippen molar-refractivity contribution in [2.45, 2.75) is 327 Å². The van der Waals surface area contributed by atoms with Crippen molar-refractivity contribution in [2.75, 3.05) is 6.61 Å². The van der Waals surface area contributed by atoms with Gasteiger partial charge in [0.1, 0.15) is 6.10 Å². The average Bonchev–Trinajstić information content (AvgIpc) is 3.25. The summed E-state index contributed by atoms with van der Waals surface area (Å²) in [5.41, 5.74) is 0. The predicted molar refractivity (Wildman–Crippen MR) is 264 cm³/mol. The number of rotatable bonds is 51. The van der Waals surface area contributed by atoms with E-state index in [-0.39, 0.29) is 12.5 Å². The second-order valence-electron chi connectivity index (χ2n) is 19.1. The summed E-state index contributed by atoms with van der Waals surface area (Å²) in [5, 5.41) is 33.6. The molecule has 5 nitrogen and oxygen atoms in total. The maximum atomic E-state index is 12.5. The molecule has 0 saturated heterocycles. The molecule has 60 heavy (non-hydrogen) atoms. The molecule has 1 amide bonds. The first-order valence-electron chi connectivity index (χ1n) is 27.5. The smallest absolute Gasteiger partial charge is 0.220 e. The third-order valence-corrected chi connectivity index (χ3v) is 13.1. The highest BCUT2D eigenvalue weighted by atomic mass is 16.3. The first-order valence-corrected chi connectivity index (χ1v) is 27.5. The van der Waals surface area contributed by atoms with Gasteiger partial charge in [0.2, 0.25) is 5.91 Å². The van der Waals surface area contributed by atoms with Crippen LogP contribution in [0.1, 0.15) is 309 Å². The fourth-order valence-corrected chi connectivity index (χ4v) is 8.87. The molecule has 0 aromatic carbocycles. The minimum Gasteiger partial charge on any atom is -0.394 e. The molecule has 358 valence electrons. The Balaban J connectivity index is 3.46. The molecule has 0 aromatic rings. The highest BCUT2D eigenvalue weighted by Crippen LogP contribution is 2.18. The summed E-state index contributed by atoms with van der Waals surface area (Å²) in [6, 6.07) is -0.821. The van der Waals surface area contributed by atoms with Crippen LogP contribution in [0.3, 0.4) is 0 Å². The van der Waals surface area contributed by atoms with E-state index in [2.05, 4.69) is 31.3 Å². The lowest BCUT2D eigenvalue weighted by atomic mass is 10.0. The molecule has 0 radical (unpaired) electrons. The van der Waals surface area contributed by atoms with Gasteiger partial charge in [-0.15, -0.1) is 0 Å². The Labute approximate surface area is 376 Å². The zero-order chi connectivity index (χ0) is 43.7. The van der Waals surface area contributed by atoms with Gasteiger partial charge in [-0.05, 0) is 38.5 Å². The largest absolute Gasteiger partial charge is 0.394 e. The summed E-state index contributed by atoms with van der Waals surface area (Å²) >= 11 is 0. The van der Waals surface area contributed by atoms with E-state index in [1.807, 2.05) is 0 Å². The average molecular weight is 848 g/mol. The number of unbranched alkanes of at least 4 members (excludes halogenated alkanes) is 41. The number of aliphatic hydroxyl groups is 3. The molecule has 0 heterocycles. The van der Waals surface area contributed by atoms with Crippen LogP contribution in [-0.2, 0) is 4.79 Å². The number of hydrogen-bond donors (Lipinski definition) is 4. The molecule has 0 aliphatic heterocycles. The zero-order valence-electron chi connectivity index (χ0n) is 40.9. The maximum Gasteiger partial charge on any atom is 0.220 e. The lowest BCUT2D eigenvalue weighted by Crippen LogP contribution is -2.50. The summed E-state index contributed by atoms with van der Waals surface area (Å²) < 4.78 is 0. The van der Waals surface area contributed by atoms with Gasteiger partial charge < -0.3 is 20.6 Å². The van der Waals surface area contributed by atoms with E-state index in [1.54, 1.807) is 0 Å². The monoisotopic (exact) mass is 848 g/mol. The van der Waals surface area contributed by atoms with Crippen molar-refractivity contribution in [3.05, 3.63) is 12.2 Å². The van der Waals surface area contributed by atoms with Crippen LogP contribution in [0.15, 0.2) is 12.2 Å². The van der Waals surface area contributed by atoms with Gasteiger partial charge >= 0.3 is 0 Å². The molecule has 5 heteroatoms. The molecular formula is C55H109NO4. The van der Waals surface area contributed by atoms with Gasteiger partial charge in [-0.2, -0.15) is 0 Å². The van der Waals surface area contributed by atoms with Gasteiger partial charge in [0.15, 0.2) is 0 Å². The first kappa shape index (κ1) is 59.1. The van der Waals surface area contributed by atoms with Gasteiger partial charge in [-0.1, -0.05) is 276 Å². The zero-order valence-corrected chi connectivity index (χ0v) is 40.9. The van der Waals surface area contributed by atoms with E-state index in [4.69, 9.17) is 0 Å². The van der Waals surface area contributed by atoms with E-state index in [9.17, 15) is 20.1 Å². The lowest BCUT2D eigenvalue weighted by molar-refractivity contribution is -0.124. The molecule has 0 rings (SSSR count). The highest BCUT2D eigenvalue weighted by molar-refractivity contribution is 5.76. The number of amides is 1. The summed E-state index contributed by atoms with van der Waals surface area (Å²) in [5.74, 6) is -0.148. The third-order valence-electron chi connectivity index (χ3n) is 13.1. The molecule has 0 aromatic heterocycles. The number of allylic oxidation sites excluding steroid dienone is 2. The van der Waals surface area contributed by atoms with Crippen LogP contribution >= 0.6 is 0 Å². The Kier molecular flexibility index (Phi) is 50.0. The molecule has 0 aliphatic carbocycles. The van der Waals surface area contributed by atoms with E-state index in [0.29, 0.717) is 12.8 Å². The van der Waals surface area contributed by atoms with Crippen LogP contribution in [0.4, 0.5) is 0 Å². The SMILES string of the molecule is CCCCCCCCCCC/C=C/CCCC(O)C(O)C(CO)NC(=O)CCCCCCCCCCCCCCCCCCCCCCCCCCCCCCCCCC. The summed E-state index contributed by atoms with van der Waals surface area (Å²) in [6.45, 7) is 4.19. The number of hydrogen-bond acceptors (Lipinski definition) is 4. The highest BCUT2D eigenvalue weighted by Gasteiger charge is 2.26. The first-order chi connectivity index (χ1) is 29.6. The molecule has 0 saturated carbocycles. The van der Waals surface area contributed by atoms with Crippen LogP contribution < -0.4 is 5.32 Å². The Morgan fingerprint density at radius 1 is 0.400 bits per heavy atom. The van der Waals surface area contributed by atoms with Gasteiger partial charge in [0.25, 0.3) is 0 Å². The second kappa shape index (κ2) is 50.7. The Morgan fingerprint density at radius 3 is 0.967 bits per heavy atom. The van der Waals surface area contributed by atoms with Crippen molar-refractivity contribution >= 4 is 5.91 Å². The Bertz CT molecular complexity index is 848. The number of nitrogens with one attached hydrogen (secondary N) is 1. The number of aliphatic hydroxyl groups excluding tert-OH is 3. The van der Waals surface area contributed by atoms with Crippen LogP contribution in [-0.4, -0.2) is 46.1 Å². The fraction of sp³-hybridized carbons (Fsp3) is 0.945. The summed E-state index contributed by atoms with van der Waals surface area (Å²) in [7, 11) is 0. The predicted octanol–water partition coefficient (Wildman–Crippen LogP) is 16.7. The standard InChI is InChI=1S/C55H109NO4/c1-3-5-7-9-11-13-15-17-19-20-21-22-23-24-25-26-27-28-29-30-31-32-33-34-35-36-38-40-42-44-46-48-50-54(59)56-52(51-57)55(60)53(58)49-47-45-43-41-39-37-18-16-14-12-10-8-6-4-2/h41,43,52-53,55,57-58,60H,3-40,42,44-51H2,1-2H3,(H,56,59)/b43-41+. The van der Waals surface area contributed by atoms with Gasteiger partial charge in [0, 0.05) is 6.42 Å². The molecule has 0 spiro atoms. The second-order valence-corrected chi connectivity index (χ2v) is 19.1. The topological polar surface area (TPSA) is 89.8 Å².